The molecule has 0 unspecified atom stereocenters. The normalized spacial score (nSPS) is 13.9. The fourth-order valence-corrected chi connectivity index (χ4v) is 3.40. The van der Waals surface area contributed by atoms with Gasteiger partial charge in [0.15, 0.2) is 5.82 Å². The Balaban J connectivity index is 1.83. The molecule has 1 aliphatic heterocycles. The zero-order chi connectivity index (χ0) is 13.4. The van der Waals surface area contributed by atoms with E-state index in [1.165, 1.54) is 0 Å². The maximum Gasteiger partial charge on any atom is 0.212 e. The summed E-state index contributed by atoms with van der Waals surface area (Å²) in [5.41, 5.74) is 1.90. The van der Waals surface area contributed by atoms with Crippen LogP contribution in [0.3, 0.4) is 0 Å². The summed E-state index contributed by atoms with van der Waals surface area (Å²) in [5, 5.41) is 16.7. The summed E-state index contributed by atoms with van der Waals surface area (Å²) in [4.78, 5) is 8.33. The lowest BCUT2D eigenvalue weighted by atomic mass is 10.2. The summed E-state index contributed by atoms with van der Waals surface area (Å²) < 4.78 is 1.78. The summed E-state index contributed by atoms with van der Waals surface area (Å²) in [5.74, 6) is 1.49. The standard InChI is InChI=1S/C12H8N6S2/c1-3-13-4-2-8(1)10-15-16-12-18(10)17-9(7-20-12)11-14-5-6-19-11/h1-6H,7H2. The Morgan fingerprint density at radius 3 is 2.80 bits per heavy atom. The third kappa shape index (κ3) is 1.93. The molecule has 8 heteroatoms. The number of rotatable bonds is 2. The van der Waals surface area contributed by atoms with E-state index < -0.39 is 0 Å². The molecule has 0 atom stereocenters. The molecule has 0 saturated carbocycles. The number of nitrogens with zero attached hydrogens (tertiary/aromatic N) is 6. The second-order valence-electron chi connectivity index (χ2n) is 4.03. The van der Waals surface area contributed by atoms with Crippen LogP contribution in [-0.2, 0) is 0 Å². The minimum absolute atomic E-state index is 0.726. The van der Waals surface area contributed by atoms with Gasteiger partial charge >= 0.3 is 0 Å². The molecule has 3 aromatic heterocycles. The third-order valence-electron chi connectivity index (χ3n) is 2.79. The quantitative estimate of drug-likeness (QED) is 0.725. The highest BCUT2D eigenvalue weighted by Gasteiger charge is 2.21. The second kappa shape index (κ2) is 4.80. The first-order chi connectivity index (χ1) is 9.92. The second-order valence-corrected chi connectivity index (χ2v) is 5.86. The number of fused-ring (bicyclic) bond motifs is 1. The highest BCUT2D eigenvalue weighted by atomic mass is 32.2. The Morgan fingerprint density at radius 1 is 1.10 bits per heavy atom. The highest BCUT2D eigenvalue weighted by molar-refractivity contribution is 7.99. The van der Waals surface area contributed by atoms with E-state index in [-0.39, 0.29) is 0 Å². The van der Waals surface area contributed by atoms with Crippen LogP contribution < -0.4 is 0 Å². The number of thioether (sulfide) groups is 1. The molecule has 0 spiro atoms. The van der Waals surface area contributed by atoms with E-state index in [4.69, 9.17) is 0 Å². The first-order valence-electron chi connectivity index (χ1n) is 5.88. The van der Waals surface area contributed by atoms with Crippen molar-refractivity contribution in [2.75, 3.05) is 5.75 Å². The number of thiazole rings is 1. The molecule has 0 N–H and O–H groups in total. The monoisotopic (exact) mass is 300 g/mol. The van der Waals surface area contributed by atoms with Crippen molar-refractivity contribution in [2.24, 2.45) is 5.10 Å². The molecule has 0 radical (unpaired) electrons. The summed E-state index contributed by atoms with van der Waals surface area (Å²) >= 11 is 3.21. The maximum absolute atomic E-state index is 4.64. The Labute approximate surface area is 122 Å². The first kappa shape index (κ1) is 11.7. The summed E-state index contributed by atoms with van der Waals surface area (Å²) in [7, 11) is 0. The molecule has 6 nitrogen and oxygen atoms in total. The van der Waals surface area contributed by atoms with E-state index in [1.807, 2.05) is 17.5 Å². The van der Waals surface area contributed by atoms with E-state index in [2.05, 4.69) is 25.3 Å². The summed E-state index contributed by atoms with van der Waals surface area (Å²) in [6.45, 7) is 0. The summed E-state index contributed by atoms with van der Waals surface area (Å²) in [6.07, 6.45) is 5.26. The van der Waals surface area contributed by atoms with E-state index in [1.54, 1.807) is 46.4 Å². The minimum atomic E-state index is 0.726. The van der Waals surface area contributed by atoms with E-state index in [0.29, 0.717) is 0 Å². The molecule has 0 bridgehead atoms. The van der Waals surface area contributed by atoms with Crippen LogP contribution in [0.2, 0.25) is 0 Å². The molecule has 3 aromatic rings. The zero-order valence-corrected chi connectivity index (χ0v) is 11.8. The molecule has 0 aliphatic carbocycles. The van der Waals surface area contributed by atoms with Crippen molar-refractivity contribution in [1.82, 2.24) is 24.8 Å². The van der Waals surface area contributed by atoms with Crippen LogP contribution in [0.25, 0.3) is 11.4 Å². The average Bonchev–Trinajstić information content (AvgIpc) is 3.17. The van der Waals surface area contributed by atoms with Crippen molar-refractivity contribution in [1.29, 1.82) is 0 Å². The van der Waals surface area contributed by atoms with Crippen LogP contribution in [0.1, 0.15) is 5.01 Å². The number of pyridine rings is 1. The average molecular weight is 300 g/mol. The number of hydrogen-bond donors (Lipinski definition) is 0. The van der Waals surface area contributed by atoms with Gasteiger partial charge in [-0.3, -0.25) is 4.98 Å². The topological polar surface area (TPSA) is 68.8 Å². The van der Waals surface area contributed by atoms with Crippen molar-refractivity contribution in [3.05, 3.63) is 41.1 Å². The van der Waals surface area contributed by atoms with Gasteiger partial charge in [0.1, 0.15) is 10.7 Å². The van der Waals surface area contributed by atoms with Gasteiger partial charge in [-0.15, -0.1) is 21.5 Å². The van der Waals surface area contributed by atoms with Gasteiger partial charge in [-0.05, 0) is 12.1 Å². The Morgan fingerprint density at radius 2 is 2.00 bits per heavy atom. The van der Waals surface area contributed by atoms with E-state index in [9.17, 15) is 0 Å². The van der Waals surface area contributed by atoms with E-state index >= 15 is 0 Å². The van der Waals surface area contributed by atoms with Crippen molar-refractivity contribution in [2.45, 2.75) is 5.16 Å². The molecule has 98 valence electrons. The van der Waals surface area contributed by atoms with Gasteiger partial charge in [-0.25, -0.2) is 4.98 Å². The SMILES string of the molecule is c1cc(-c2nnc3n2N=C(c2nccs2)CS3)ccn1. The van der Waals surface area contributed by atoms with Gasteiger partial charge in [0.25, 0.3) is 0 Å². The van der Waals surface area contributed by atoms with Crippen LogP contribution in [0.15, 0.2) is 46.4 Å². The van der Waals surface area contributed by atoms with Crippen LogP contribution in [0.5, 0.6) is 0 Å². The number of hydrogen-bond acceptors (Lipinski definition) is 7. The lowest BCUT2D eigenvalue weighted by Crippen LogP contribution is -2.13. The van der Waals surface area contributed by atoms with Crippen LogP contribution in [0, 0.1) is 0 Å². The van der Waals surface area contributed by atoms with Crippen LogP contribution in [-0.4, -0.2) is 36.3 Å². The van der Waals surface area contributed by atoms with Crippen LogP contribution >= 0.6 is 23.1 Å². The molecule has 20 heavy (non-hydrogen) atoms. The highest BCUT2D eigenvalue weighted by Crippen LogP contribution is 2.28. The first-order valence-corrected chi connectivity index (χ1v) is 7.75. The smallest absolute Gasteiger partial charge is 0.212 e. The van der Waals surface area contributed by atoms with Crippen molar-refractivity contribution in [3.8, 4) is 11.4 Å². The maximum atomic E-state index is 4.64. The predicted octanol–water partition coefficient (Wildman–Crippen LogP) is 2.15. The van der Waals surface area contributed by atoms with Crippen molar-refractivity contribution in [3.63, 3.8) is 0 Å². The molecular formula is C12H8N6S2. The molecular weight excluding hydrogens is 292 g/mol. The molecule has 0 aromatic carbocycles. The van der Waals surface area contributed by atoms with Crippen molar-refractivity contribution >= 4 is 28.8 Å². The van der Waals surface area contributed by atoms with Gasteiger partial charge in [-0.1, -0.05) is 11.8 Å². The van der Waals surface area contributed by atoms with Crippen molar-refractivity contribution < 1.29 is 0 Å². The number of aromatic nitrogens is 5. The predicted molar refractivity (Wildman–Crippen MR) is 78.0 cm³/mol. The fraction of sp³-hybridized carbons (Fsp3) is 0.0833. The largest absolute Gasteiger partial charge is 0.265 e. The van der Waals surface area contributed by atoms with E-state index in [0.717, 1.165) is 33.0 Å². The van der Waals surface area contributed by atoms with Gasteiger partial charge in [0.05, 0.1) is 0 Å². The lowest BCUT2D eigenvalue weighted by molar-refractivity contribution is 0.762. The minimum Gasteiger partial charge on any atom is -0.265 e. The molecule has 0 amide bonds. The molecule has 0 saturated heterocycles. The van der Waals surface area contributed by atoms with Gasteiger partial charge in [0, 0.05) is 35.3 Å². The fourth-order valence-electron chi connectivity index (χ4n) is 1.88. The molecule has 4 rings (SSSR count). The Kier molecular flexibility index (Phi) is 2.82. The summed E-state index contributed by atoms with van der Waals surface area (Å²) in [6, 6.07) is 3.80. The third-order valence-corrected chi connectivity index (χ3v) is 4.54. The Bertz CT molecular complexity index is 763. The van der Waals surface area contributed by atoms with Gasteiger partial charge in [-0.2, -0.15) is 9.78 Å². The molecule has 1 aliphatic rings. The zero-order valence-electron chi connectivity index (χ0n) is 10.2. The lowest BCUT2D eigenvalue weighted by Gasteiger charge is -2.11. The van der Waals surface area contributed by atoms with Crippen LogP contribution in [0.4, 0.5) is 0 Å². The molecule has 4 heterocycles. The Hall–Kier alpha value is -2.06. The van der Waals surface area contributed by atoms with Gasteiger partial charge in [0.2, 0.25) is 5.16 Å². The molecule has 0 fully saturated rings. The van der Waals surface area contributed by atoms with Gasteiger partial charge < -0.3 is 0 Å².